The van der Waals surface area contributed by atoms with Crippen LogP contribution in [0.4, 0.5) is 10.1 Å². The molecule has 0 unspecified atom stereocenters. The summed E-state index contributed by atoms with van der Waals surface area (Å²) in [5.74, 6) is -0.938. The second-order valence-electron chi connectivity index (χ2n) is 13.9. The van der Waals surface area contributed by atoms with Gasteiger partial charge in [-0.25, -0.2) is 28.9 Å². The molecule has 3 heterocycles. The summed E-state index contributed by atoms with van der Waals surface area (Å²) in [6, 6.07) is 32.9. The Kier molecular flexibility index (Phi) is 15.9. The maximum Gasteiger partial charge on any atom is 0.360 e. The average Bonchev–Trinajstić information content (AvgIpc) is 3.94. The molecule has 0 aliphatic rings. The lowest BCUT2D eigenvalue weighted by atomic mass is 10.1. The van der Waals surface area contributed by atoms with Crippen LogP contribution in [-0.4, -0.2) is 72.4 Å². The molecule has 7 aromatic rings. The number of amides is 1. The van der Waals surface area contributed by atoms with Crippen LogP contribution in [0.5, 0.6) is 0 Å². The standard InChI is InChI=1S/C19H16N4O2.C15H15N3O2.C14H12FN3O3/c1-13-17(19(24)22-16-9-4-3-5-10-16)23(25-2)18(21-13)15-8-6-7-14(11-15)12-20;1-4-20-15(19)13-10(2)17-14(18(13)3)12-7-5-6-11(8-12)9-16;1-3-21-14(19)12-8(2)17-13(18(12)20)9-4-5-11(15)10(6-9)7-16/h3-11H,1-2H3,(H,22,24);5-8H,4H2,1-3H3;4-6,20H,3H2,1-2H3. The van der Waals surface area contributed by atoms with Crippen molar-refractivity contribution < 1.29 is 38.3 Å². The highest BCUT2D eigenvalue weighted by Crippen LogP contribution is 2.26. The van der Waals surface area contributed by atoms with Gasteiger partial charge in [0.1, 0.15) is 30.5 Å². The number of carbonyl (C=O) groups is 3. The maximum atomic E-state index is 13.3. The molecule has 66 heavy (non-hydrogen) atoms. The smallest absolute Gasteiger partial charge is 0.360 e. The van der Waals surface area contributed by atoms with Gasteiger partial charge in [-0.2, -0.15) is 25.2 Å². The molecule has 18 heteroatoms. The number of rotatable bonds is 10. The Balaban J connectivity index is 0.000000187. The number of nitrogens with one attached hydrogen (secondary N) is 1. The van der Waals surface area contributed by atoms with E-state index in [4.69, 9.17) is 30.1 Å². The summed E-state index contributed by atoms with van der Waals surface area (Å²) in [7, 11) is 3.23. The molecule has 4 aromatic carbocycles. The molecule has 0 atom stereocenters. The number of carbonyl (C=O) groups excluding carboxylic acids is 3. The van der Waals surface area contributed by atoms with Crippen LogP contribution in [0.15, 0.2) is 97.1 Å². The normalized spacial score (nSPS) is 10.1. The number of halogens is 1. The number of hydrogen-bond acceptors (Lipinski definition) is 13. The number of hydrogen-bond donors (Lipinski definition) is 2. The minimum atomic E-state index is -0.709. The molecule has 0 bridgehead atoms. The van der Waals surface area contributed by atoms with Crippen LogP contribution < -0.4 is 10.2 Å². The fraction of sp³-hybridized carbons (Fsp3) is 0.188. The lowest BCUT2D eigenvalue weighted by molar-refractivity contribution is 0.0473. The van der Waals surface area contributed by atoms with Crippen LogP contribution in [-0.2, 0) is 16.5 Å². The Morgan fingerprint density at radius 2 is 1.18 bits per heavy atom. The topological polar surface area (TPSA) is 236 Å². The first-order chi connectivity index (χ1) is 31.7. The molecule has 0 aliphatic heterocycles. The van der Waals surface area contributed by atoms with Gasteiger partial charge in [-0.05, 0) is 89.2 Å². The van der Waals surface area contributed by atoms with Crippen molar-refractivity contribution in [3.05, 3.63) is 154 Å². The summed E-state index contributed by atoms with van der Waals surface area (Å²) >= 11 is 0. The molecule has 7 rings (SSSR count). The maximum absolute atomic E-state index is 13.3. The van der Waals surface area contributed by atoms with Gasteiger partial charge in [0.05, 0.1) is 59.1 Å². The van der Waals surface area contributed by atoms with E-state index >= 15 is 0 Å². The van der Waals surface area contributed by atoms with Gasteiger partial charge in [0.2, 0.25) is 0 Å². The SMILES string of the molecule is CCOC(=O)c1c(C)nc(-c2ccc(F)c(C#N)c2)n1O.CCOC(=O)c1c(C)nc(-c2cccc(C#N)c2)n1C.COn1c(-c2cccc(C#N)c2)nc(C)c1C(=O)Nc1ccccc1. The molecular weight excluding hydrogens is 848 g/mol. The third kappa shape index (κ3) is 10.7. The van der Waals surface area contributed by atoms with Gasteiger partial charge < -0.3 is 29.4 Å². The van der Waals surface area contributed by atoms with Crippen LogP contribution in [0.25, 0.3) is 34.2 Å². The van der Waals surface area contributed by atoms with Crippen molar-refractivity contribution in [1.29, 1.82) is 15.8 Å². The zero-order chi connectivity index (χ0) is 48.1. The minimum absolute atomic E-state index is 0.0343. The Bertz CT molecular complexity index is 3040. The van der Waals surface area contributed by atoms with Crippen LogP contribution in [0, 0.1) is 60.6 Å². The van der Waals surface area contributed by atoms with Crippen molar-refractivity contribution in [2.75, 3.05) is 25.6 Å². The summed E-state index contributed by atoms with van der Waals surface area (Å²) in [5, 5.41) is 39.7. The quantitative estimate of drug-likeness (QED) is 0.0987. The number of benzene rings is 4. The molecular formula is C48H43FN10O7. The highest BCUT2D eigenvalue weighted by molar-refractivity contribution is 6.04. The molecule has 3 aromatic heterocycles. The van der Waals surface area contributed by atoms with E-state index in [1.165, 1.54) is 30.9 Å². The van der Waals surface area contributed by atoms with E-state index in [0.29, 0.717) is 73.7 Å². The molecule has 0 saturated heterocycles. The zero-order valence-corrected chi connectivity index (χ0v) is 37.0. The number of aromatic nitrogens is 6. The molecule has 0 radical (unpaired) electrons. The fourth-order valence-corrected chi connectivity index (χ4v) is 6.56. The second kappa shape index (κ2) is 21.8. The Morgan fingerprint density at radius 3 is 1.74 bits per heavy atom. The first-order valence-corrected chi connectivity index (χ1v) is 20.1. The van der Waals surface area contributed by atoms with E-state index in [2.05, 4.69) is 32.4 Å². The first-order valence-electron chi connectivity index (χ1n) is 20.1. The molecule has 334 valence electrons. The number of aryl methyl sites for hydroxylation is 3. The van der Waals surface area contributed by atoms with Crippen LogP contribution in [0.3, 0.4) is 0 Å². The monoisotopic (exact) mass is 890 g/mol. The van der Waals surface area contributed by atoms with E-state index in [9.17, 15) is 24.0 Å². The van der Waals surface area contributed by atoms with Gasteiger partial charge >= 0.3 is 11.9 Å². The molecule has 17 nitrogen and oxygen atoms in total. The van der Waals surface area contributed by atoms with Crippen molar-refractivity contribution in [2.45, 2.75) is 34.6 Å². The average molecular weight is 891 g/mol. The summed E-state index contributed by atoms with van der Waals surface area (Å²) in [5.41, 5.74) is 5.45. The Morgan fingerprint density at radius 1 is 0.667 bits per heavy atom. The van der Waals surface area contributed by atoms with Crippen LogP contribution in [0.1, 0.15) is 79.1 Å². The van der Waals surface area contributed by atoms with E-state index in [-0.39, 0.29) is 41.3 Å². The Hall–Kier alpha value is -9.08. The molecule has 0 aliphatic carbocycles. The number of nitriles is 3. The van der Waals surface area contributed by atoms with E-state index in [1.807, 2.05) is 30.3 Å². The van der Waals surface area contributed by atoms with E-state index in [1.54, 1.807) is 93.9 Å². The molecule has 0 fully saturated rings. The zero-order valence-electron chi connectivity index (χ0n) is 37.0. The van der Waals surface area contributed by atoms with Crippen LogP contribution in [0.2, 0.25) is 0 Å². The van der Waals surface area contributed by atoms with Crippen molar-refractivity contribution in [3.63, 3.8) is 0 Å². The molecule has 0 spiro atoms. The van der Waals surface area contributed by atoms with Gasteiger partial charge in [0.25, 0.3) is 5.91 Å². The number of imidazole rings is 3. The predicted molar refractivity (Wildman–Crippen MR) is 238 cm³/mol. The van der Waals surface area contributed by atoms with Crippen LogP contribution >= 0.6 is 0 Å². The highest BCUT2D eigenvalue weighted by atomic mass is 19.1. The first kappa shape index (κ1) is 48.0. The lowest BCUT2D eigenvalue weighted by Crippen LogP contribution is -2.21. The summed E-state index contributed by atoms with van der Waals surface area (Å²) in [6.07, 6.45) is 0. The lowest BCUT2D eigenvalue weighted by Gasteiger charge is -2.10. The summed E-state index contributed by atoms with van der Waals surface area (Å²) in [4.78, 5) is 54.7. The van der Waals surface area contributed by atoms with Crippen molar-refractivity contribution >= 4 is 23.5 Å². The third-order valence-electron chi connectivity index (χ3n) is 9.52. The van der Waals surface area contributed by atoms with E-state index in [0.717, 1.165) is 11.6 Å². The molecule has 1 amide bonds. The van der Waals surface area contributed by atoms with Gasteiger partial charge in [-0.15, -0.1) is 0 Å². The van der Waals surface area contributed by atoms with Crippen molar-refractivity contribution in [1.82, 2.24) is 29.0 Å². The van der Waals surface area contributed by atoms with Crippen molar-refractivity contribution in [2.24, 2.45) is 7.05 Å². The van der Waals surface area contributed by atoms with E-state index < -0.39 is 11.8 Å². The number of nitrogens with zero attached hydrogens (tertiary/aromatic N) is 9. The summed E-state index contributed by atoms with van der Waals surface area (Å²) in [6.45, 7) is 8.94. The van der Waals surface area contributed by atoms with Gasteiger partial charge in [0, 0.05) is 29.4 Å². The third-order valence-corrected chi connectivity index (χ3v) is 9.52. The van der Waals surface area contributed by atoms with Gasteiger partial charge in [0.15, 0.2) is 23.0 Å². The van der Waals surface area contributed by atoms with Gasteiger partial charge in [-0.1, -0.05) is 42.5 Å². The largest absolute Gasteiger partial charge is 0.461 e. The number of ether oxygens (including phenoxy) is 2. The fourth-order valence-electron chi connectivity index (χ4n) is 6.56. The van der Waals surface area contributed by atoms with Gasteiger partial charge in [-0.3, -0.25) is 4.79 Å². The minimum Gasteiger partial charge on any atom is -0.461 e. The molecule has 0 saturated carbocycles. The summed E-state index contributed by atoms with van der Waals surface area (Å²) < 4.78 is 26.8. The highest BCUT2D eigenvalue weighted by Gasteiger charge is 2.25. The number of para-hydroxylation sites is 1. The molecule has 2 N–H and O–H groups in total. The number of anilines is 1. The Labute approximate surface area is 379 Å². The predicted octanol–water partition coefficient (Wildman–Crippen LogP) is 7.77. The van der Waals surface area contributed by atoms with Crippen molar-refractivity contribution in [3.8, 4) is 52.4 Å². The second-order valence-corrected chi connectivity index (χ2v) is 13.9. The number of esters is 2.